The van der Waals surface area contributed by atoms with Crippen molar-refractivity contribution in [3.63, 3.8) is 0 Å². The van der Waals surface area contributed by atoms with Crippen LogP contribution in [0.4, 0.5) is 0 Å². The van der Waals surface area contributed by atoms with Gasteiger partial charge in [-0.25, -0.2) is 0 Å². The molecular weight excluding hydrogens is 791 g/mol. The Hall–Kier alpha value is -1.47. The molecule has 0 fully saturated rings. The van der Waals surface area contributed by atoms with Gasteiger partial charge in [-0.3, -0.25) is 4.79 Å². The summed E-state index contributed by atoms with van der Waals surface area (Å²) in [4.78, 5) is 12.6. The zero-order valence-corrected chi connectivity index (χ0v) is 42.8. The van der Waals surface area contributed by atoms with Gasteiger partial charge in [0, 0.05) is 0 Å². The molecule has 6 nitrogen and oxygen atoms in total. The summed E-state index contributed by atoms with van der Waals surface area (Å²) in [5.74, 6) is -0.595. The number of rotatable bonds is 52. The predicted molar refractivity (Wildman–Crippen MR) is 279 cm³/mol. The standard InChI is InChI=1S/C58H111NO5/c1-3-5-7-9-11-13-15-17-19-21-23-25-27-28-29-30-32-34-36-38-40-42-44-46-48-50-52-56(62)58(64)59-54(53-60)57(63)55(61)51-49-47-45-43-41-39-37-35-33-31-26-24-22-20-18-16-14-12-10-8-6-4-2/h24,26,35,37,43,45,54-57,60-63H,3-23,25,27-34,36,38-42,44,46-53H2,1-2H3,(H,59,64)/b26-24+,37-35+,45-43+. The molecule has 64 heavy (non-hydrogen) atoms. The van der Waals surface area contributed by atoms with E-state index in [-0.39, 0.29) is 0 Å². The maximum absolute atomic E-state index is 12.6. The van der Waals surface area contributed by atoms with E-state index in [1.807, 2.05) is 0 Å². The van der Waals surface area contributed by atoms with Crippen LogP contribution < -0.4 is 5.32 Å². The number of aliphatic hydroxyl groups excluding tert-OH is 4. The predicted octanol–water partition coefficient (Wildman–Crippen LogP) is 16.4. The van der Waals surface area contributed by atoms with Gasteiger partial charge in [0.05, 0.1) is 18.8 Å². The van der Waals surface area contributed by atoms with Crippen LogP contribution in [0.25, 0.3) is 0 Å². The number of carbonyl (C=O) groups is 1. The second kappa shape index (κ2) is 52.5. The summed E-state index contributed by atoms with van der Waals surface area (Å²) in [5.41, 5.74) is 0. The van der Waals surface area contributed by atoms with Crippen LogP contribution in [0.1, 0.15) is 296 Å². The van der Waals surface area contributed by atoms with Gasteiger partial charge < -0.3 is 25.7 Å². The molecule has 0 bridgehead atoms. The number of allylic oxidation sites excluding steroid dienone is 6. The van der Waals surface area contributed by atoms with Crippen LogP contribution in [0.15, 0.2) is 36.5 Å². The molecule has 0 aromatic carbocycles. The Bertz CT molecular complexity index is 1010. The fraction of sp³-hybridized carbons (Fsp3) is 0.879. The first-order valence-electron chi connectivity index (χ1n) is 28.4. The van der Waals surface area contributed by atoms with Gasteiger partial charge in [0.1, 0.15) is 12.2 Å². The minimum absolute atomic E-state index is 0.362. The fourth-order valence-electron chi connectivity index (χ4n) is 8.85. The highest BCUT2D eigenvalue weighted by molar-refractivity contribution is 5.80. The molecule has 4 unspecified atom stereocenters. The minimum Gasteiger partial charge on any atom is -0.394 e. The topological polar surface area (TPSA) is 110 Å². The molecule has 0 saturated heterocycles. The molecule has 4 atom stereocenters. The highest BCUT2D eigenvalue weighted by Crippen LogP contribution is 2.17. The van der Waals surface area contributed by atoms with E-state index in [4.69, 9.17) is 0 Å². The fourth-order valence-corrected chi connectivity index (χ4v) is 8.85. The van der Waals surface area contributed by atoms with Crippen LogP contribution in [0.2, 0.25) is 0 Å². The van der Waals surface area contributed by atoms with E-state index in [0.29, 0.717) is 19.3 Å². The van der Waals surface area contributed by atoms with E-state index in [1.54, 1.807) is 0 Å². The molecule has 6 heteroatoms. The smallest absolute Gasteiger partial charge is 0.249 e. The third kappa shape index (κ3) is 45.7. The SMILES string of the molecule is CCCCCCCCCCC/C=C/CC/C=C/CC/C=C/CCCC(O)C(O)C(CO)NC(=O)C(O)CCCCCCCCCCCCCCCCCCCCCCCCCCCC. The van der Waals surface area contributed by atoms with Gasteiger partial charge in [-0.2, -0.15) is 0 Å². The van der Waals surface area contributed by atoms with Crippen molar-refractivity contribution < 1.29 is 25.2 Å². The second-order valence-electron chi connectivity index (χ2n) is 19.6. The van der Waals surface area contributed by atoms with Crippen molar-refractivity contribution >= 4 is 5.91 Å². The lowest BCUT2D eigenvalue weighted by Gasteiger charge is -2.27. The van der Waals surface area contributed by atoms with Gasteiger partial charge in [0.2, 0.25) is 5.91 Å². The third-order valence-corrected chi connectivity index (χ3v) is 13.3. The number of hydrogen-bond donors (Lipinski definition) is 5. The van der Waals surface area contributed by atoms with E-state index < -0.39 is 36.9 Å². The van der Waals surface area contributed by atoms with E-state index in [9.17, 15) is 25.2 Å². The number of nitrogens with one attached hydrogen (secondary N) is 1. The number of carbonyl (C=O) groups excluding carboxylic acids is 1. The highest BCUT2D eigenvalue weighted by atomic mass is 16.3. The van der Waals surface area contributed by atoms with Gasteiger partial charge in [-0.05, 0) is 64.2 Å². The Morgan fingerprint density at radius 1 is 0.375 bits per heavy atom. The van der Waals surface area contributed by atoms with Crippen molar-refractivity contribution in [1.82, 2.24) is 5.32 Å². The molecule has 0 aromatic heterocycles. The molecule has 0 heterocycles. The number of amides is 1. The average molecular weight is 903 g/mol. The molecule has 0 radical (unpaired) electrons. The first-order valence-corrected chi connectivity index (χ1v) is 28.4. The minimum atomic E-state index is -1.29. The summed E-state index contributed by atoms with van der Waals surface area (Å²) >= 11 is 0. The quantitative estimate of drug-likeness (QED) is 0.0309. The lowest BCUT2D eigenvalue weighted by molar-refractivity contribution is -0.132. The Balaban J connectivity index is 3.68. The van der Waals surface area contributed by atoms with E-state index in [2.05, 4.69) is 55.6 Å². The van der Waals surface area contributed by atoms with Crippen LogP contribution >= 0.6 is 0 Å². The summed E-state index contributed by atoms with van der Waals surface area (Å²) < 4.78 is 0. The largest absolute Gasteiger partial charge is 0.394 e. The lowest BCUT2D eigenvalue weighted by Crippen LogP contribution is -2.53. The first kappa shape index (κ1) is 62.5. The summed E-state index contributed by atoms with van der Waals surface area (Å²) in [7, 11) is 0. The van der Waals surface area contributed by atoms with E-state index in [1.165, 1.54) is 212 Å². The lowest BCUT2D eigenvalue weighted by atomic mass is 10.00. The van der Waals surface area contributed by atoms with Crippen molar-refractivity contribution in [1.29, 1.82) is 0 Å². The first-order chi connectivity index (χ1) is 31.5. The Morgan fingerprint density at radius 2 is 0.656 bits per heavy atom. The van der Waals surface area contributed by atoms with Crippen molar-refractivity contribution in [2.45, 2.75) is 321 Å². The van der Waals surface area contributed by atoms with Crippen LogP contribution in [0.3, 0.4) is 0 Å². The van der Waals surface area contributed by atoms with Crippen molar-refractivity contribution in [3.8, 4) is 0 Å². The highest BCUT2D eigenvalue weighted by Gasteiger charge is 2.28. The molecular formula is C58H111NO5. The zero-order chi connectivity index (χ0) is 46.7. The average Bonchev–Trinajstić information content (AvgIpc) is 3.30. The molecule has 0 spiro atoms. The summed E-state index contributed by atoms with van der Waals surface area (Å²) in [6.07, 6.45) is 65.0. The number of unbranched alkanes of at least 4 members (excludes halogenated alkanes) is 37. The van der Waals surface area contributed by atoms with E-state index in [0.717, 1.165) is 51.4 Å². The normalized spacial score (nSPS) is 14.0. The molecule has 0 saturated carbocycles. The van der Waals surface area contributed by atoms with Gasteiger partial charge in [0.25, 0.3) is 0 Å². The summed E-state index contributed by atoms with van der Waals surface area (Å²) in [6, 6.07) is -1.01. The maximum Gasteiger partial charge on any atom is 0.249 e. The Morgan fingerprint density at radius 3 is 0.984 bits per heavy atom. The van der Waals surface area contributed by atoms with Gasteiger partial charge in [-0.1, -0.05) is 269 Å². The van der Waals surface area contributed by atoms with Gasteiger partial charge in [0.15, 0.2) is 0 Å². The molecule has 1 amide bonds. The van der Waals surface area contributed by atoms with Crippen LogP contribution in [0.5, 0.6) is 0 Å². The van der Waals surface area contributed by atoms with Gasteiger partial charge >= 0.3 is 0 Å². The monoisotopic (exact) mass is 902 g/mol. The van der Waals surface area contributed by atoms with Crippen LogP contribution in [-0.4, -0.2) is 57.3 Å². The van der Waals surface area contributed by atoms with Gasteiger partial charge in [-0.15, -0.1) is 0 Å². The van der Waals surface area contributed by atoms with Crippen LogP contribution in [-0.2, 0) is 4.79 Å². The summed E-state index contributed by atoms with van der Waals surface area (Å²) in [5, 5.41) is 43.9. The molecule has 0 aromatic rings. The number of hydrogen-bond acceptors (Lipinski definition) is 5. The van der Waals surface area contributed by atoms with Crippen molar-refractivity contribution in [3.05, 3.63) is 36.5 Å². The Kier molecular flexibility index (Phi) is 51.3. The second-order valence-corrected chi connectivity index (χ2v) is 19.6. The molecule has 378 valence electrons. The zero-order valence-electron chi connectivity index (χ0n) is 42.8. The van der Waals surface area contributed by atoms with E-state index >= 15 is 0 Å². The molecule has 0 rings (SSSR count). The summed E-state index contributed by atoms with van der Waals surface area (Å²) in [6.45, 7) is 4.07. The van der Waals surface area contributed by atoms with Crippen molar-refractivity contribution in [2.75, 3.05) is 6.61 Å². The molecule has 0 aliphatic carbocycles. The number of aliphatic hydroxyl groups is 4. The molecule has 0 aliphatic rings. The maximum atomic E-state index is 12.6. The third-order valence-electron chi connectivity index (χ3n) is 13.3. The van der Waals surface area contributed by atoms with Crippen molar-refractivity contribution in [2.24, 2.45) is 0 Å². The van der Waals surface area contributed by atoms with Crippen LogP contribution in [0, 0.1) is 0 Å². The Labute approximate surface area is 398 Å². The molecule has 5 N–H and O–H groups in total. The molecule has 0 aliphatic heterocycles.